The van der Waals surface area contributed by atoms with E-state index in [-0.39, 0.29) is 5.91 Å². The maximum atomic E-state index is 10.9. The SMILES string of the molecule is CC.CC(=O)NC(C)C1(C)CCCCC1. The fourth-order valence-electron chi connectivity index (χ4n) is 2.27. The molecule has 1 saturated carbocycles. The average molecular weight is 213 g/mol. The molecule has 1 atom stereocenters. The third-order valence-electron chi connectivity index (χ3n) is 3.46. The molecule has 1 N–H and O–H groups in total. The van der Waals surface area contributed by atoms with Crippen LogP contribution in [-0.4, -0.2) is 11.9 Å². The van der Waals surface area contributed by atoms with Gasteiger partial charge >= 0.3 is 0 Å². The van der Waals surface area contributed by atoms with E-state index in [2.05, 4.69) is 19.2 Å². The van der Waals surface area contributed by atoms with Gasteiger partial charge in [0.15, 0.2) is 0 Å². The van der Waals surface area contributed by atoms with Crippen molar-refractivity contribution in [3.8, 4) is 0 Å². The first kappa shape index (κ1) is 14.5. The normalized spacial score (nSPS) is 20.9. The number of amides is 1. The standard InChI is InChI=1S/C11H21NO.C2H6/c1-9(12-10(2)13)11(3)7-5-4-6-8-11;1-2/h9H,4-8H2,1-3H3,(H,12,13);1-2H3. The van der Waals surface area contributed by atoms with Crippen LogP contribution >= 0.6 is 0 Å². The van der Waals surface area contributed by atoms with Crippen molar-refractivity contribution >= 4 is 5.91 Å². The molecule has 0 spiro atoms. The van der Waals surface area contributed by atoms with Crippen LogP contribution in [0.1, 0.15) is 66.7 Å². The van der Waals surface area contributed by atoms with Crippen LogP contribution in [-0.2, 0) is 4.79 Å². The molecule has 1 amide bonds. The monoisotopic (exact) mass is 213 g/mol. The fraction of sp³-hybridized carbons (Fsp3) is 0.923. The molecule has 0 bridgehead atoms. The lowest BCUT2D eigenvalue weighted by molar-refractivity contribution is -0.120. The number of hydrogen-bond donors (Lipinski definition) is 1. The maximum Gasteiger partial charge on any atom is 0.217 e. The molecule has 90 valence electrons. The van der Waals surface area contributed by atoms with Gasteiger partial charge in [-0.15, -0.1) is 0 Å². The molecule has 15 heavy (non-hydrogen) atoms. The fourth-order valence-corrected chi connectivity index (χ4v) is 2.27. The summed E-state index contributed by atoms with van der Waals surface area (Å²) in [6.07, 6.45) is 6.52. The van der Waals surface area contributed by atoms with Crippen molar-refractivity contribution in [1.82, 2.24) is 5.32 Å². The summed E-state index contributed by atoms with van der Waals surface area (Å²) >= 11 is 0. The summed E-state index contributed by atoms with van der Waals surface area (Å²) in [5.74, 6) is 0.0966. The highest BCUT2D eigenvalue weighted by atomic mass is 16.1. The van der Waals surface area contributed by atoms with Crippen molar-refractivity contribution < 1.29 is 4.79 Å². The summed E-state index contributed by atoms with van der Waals surface area (Å²) in [5.41, 5.74) is 0.337. The van der Waals surface area contributed by atoms with Gasteiger partial charge in [-0.3, -0.25) is 4.79 Å². The summed E-state index contributed by atoms with van der Waals surface area (Å²) < 4.78 is 0. The van der Waals surface area contributed by atoms with Crippen molar-refractivity contribution in [2.24, 2.45) is 5.41 Å². The Morgan fingerprint density at radius 3 is 2.07 bits per heavy atom. The highest BCUT2D eigenvalue weighted by Gasteiger charge is 2.32. The Labute approximate surface area is 94.8 Å². The summed E-state index contributed by atoms with van der Waals surface area (Å²) in [7, 11) is 0. The molecule has 0 aromatic rings. The van der Waals surface area contributed by atoms with Gasteiger partial charge in [-0.2, -0.15) is 0 Å². The van der Waals surface area contributed by atoms with Crippen LogP contribution in [0.4, 0.5) is 0 Å². The first-order valence-electron chi connectivity index (χ1n) is 6.32. The molecule has 0 saturated heterocycles. The van der Waals surface area contributed by atoms with Crippen molar-refractivity contribution in [2.45, 2.75) is 72.8 Å². The van der Waals surface area contributed by atoms with E-state index < -0.39 is 0 Å². The second kappa shape index (κ2) is 6.86. The molecule has 1 aliphatic rings. The van der Waals surface area contributed by atoms with Crippen LogP contribution in [0.3, 0.4) is 0 Å². The van der Waals surface area contributed by atoms with E-state index in [1.54, 1.807) is 6.92 Å². The third kappa shape index (κ3) is 4.67. The average Bonchev–Trinajstić information content (AvgIpc) is 2.21. The molecular weight excluding hydrogens is 186 g/mol. The summed E-state index contributed by atoms with van der Waals surface area (Å²) in [6, 6.07) is 0.324. The van der Waals surface area contributed by atoms with Crippen LogP contribution in [0, 0.1) is 5.41 Å². The molecule has 2 heteroatoms. The highest BCUT2D eigenvalue weighted by molar-refractivity contribution is 5.73. The van der Waals surface area contributed by atoms with E-state index in [4.69, 9.17) is 0 Å². The lowest BCUT2D eigenvalue weighted by Crippen LogP contribution is -2.44. The topological polar surface area (TPSA) is 29.1 Å². The predicted octanol–water partition coefficient (Wildman–Crippen LogP) is 3.51. The van der Waals surface area contributed by atoms with Gasteiger partial charge < -0.3 is 5.32 Å². The second-order valence-electron chi connectivity index (χ2n) is 4.64. The highest BCUT2D eigenvalue weighted by Crippen LogP contribution is 2.38. The molecule has 2 nitrogen and oxygen atoms in total. The van der Waals surface area contributed by atoms with Gasteiger partial charge in [0.25, 0.3) is 0 Å². The van der Waals surface area contributed by atoms with Crippen LogP contribution in [0.15, 0.2) is 0 Å². The van der Waals surface area contributed by atoms with E-state index in [0.29, 0.717) is 11.5 Å². The van der Waals surface area contributed by atoms with Gasteiger partial charge in [-0.25, -0.2) is 0 Å². The minimum atomic E-state index is 0.0966. The van der Waals surface area contributed by atoms with Gasteiger partial charge in [-0.05, 0) is 25.2 Å². The molecule has 0 radical (unpaired) electrons. The summed E-state index contributed by atoms with van der Waals surface area (Å²) in [6.45, 7) is 10.0. The molecule has 0 aromatic heterocycles. The minimum Gasteiger partial charge on any atom is -0.353 e. The van der Waals surface area contributed by atoms with Crippen LogP contribution in [0.5, 0.6) is 0 Å². The molecular formula is C13H27NO. The summed E-state index contributed by atoms with van der Waals surface area (Å²) in [5, 5.41) is 3.01. The van der Waals surface area contributed by atoms with Gasteiger partial charge in [0.2, 0.25) is 5.91 Å². The van der Waals surface area contributed by atoms with Gasteiger partial charge in [-0.1, -0.05) is 40.0 Å². The van der Waals surface area contributed by atoms with Crippen LogP contribution in [0.2, 0.25) is 0 Å². The van der Waals surface area contributed by atoms with Crippen molar-refractivity contribution in [1.29, 1.82) is 0 Å². The Morgan fingerprint density at radius 2 is 1.67 bits per heavy atom. The predicted molar refractivity (Wildman–Crippen MR) is 65.8 cm³/mol. The van der Waals surface area contributed by atoms with E-state index in [9.17, 15) is 4.79 Å². The van der Waals surface area contributed by atoms with E-state index >= 15 is 0 Å². The number of hydrogen-bond acceptors (Lipinski definition) is 1. The minimum absolute atomic E-state index is 0.0966. The van der Waals surface area contributed by atoms with Crippen LogP contribution in [0.25, 0.3) is 0 Å². The molecule has 0 aliphatic heterocycles. The zero-order valence-corrected chi connectivity index (χ0v) is 11.0. The Balaban J connectivity index is 0.000000921. The van der Waals surface area contributed by atoms with E-state index in [1.807, 2.05) is 13.8 Å². The lowest BCUT2D eigenvalue weighted by Gasteiger charge is -2.39. The smallest absolute Gasteiger partial charge is 0.217 e. The van der Waals surface area contributed by atoms with E-state index in [0.717, 1.165) is 0 Å². The Hall–Kier alpha value is -0.530. The number of carbonyl (C=O) groups excluding carboxylic acids is 1. The van der Waals surface area contributed by atoms with Gasteiger partial charge in [0.1, 0.15) is 0 Å². The quantitative estimate of drug-likeness (QED) is 0.747. The molecule has 0 heterocycles. The molecule has 1 aliphatic carbocycles. The first-order chi connectivity index (χ1) is 7.04. The third-order valence-corrected chi connectivity index (χ3v) is 3.46. The lowest BCUT2D eigenvalue weighted by atomic mass is 9.71. The maximum absolute atomic E-state index is 10.9. The zero-order valence-electron chi connectivity index (χ0n) is 11.0. The Kier molecular flexibility index (Phi) is 6.62. The van der Waals surface area contributed by atoms with Crippen molar-refractivity contribution in [2.75, 3.05) is 0 Å². The zero-order chi connectivity index (χ0) is 11.9. The Bertz CT molecular complexity index is 183. The van der Waals surface area contributed by atoms with Gasteiger partial charge in [0.05, 0.1) is 0 Å². The van der Waals surface area contributed by atoms with Crippen LogP contribution < -0.4 is 5.32 Å². The van der Waals surface area contributed by atoms with Crippen molar-refractivity contribution in [3.63, 3.8) is 0 Å². The first-order valence-corrected chi connectivity index (χ1v) is 6.32. The Morgan fingerprint density at radius 1 is 1.20 bits per heavy atom. The number of rotatable bonds is 2. The molecule has 0 aromatic carbocycles. The second-order valence-corrected chi connectivity index (χ2v) is 4.64. The number of nitrogens with one attached hydrogen (secondary N) is 1. The number of carbonyl (C=O) groups is 1. The summed E-state index contributed by atoms with van der Waals surface area (Å²) in [4.78, 5) is 10.9. The molecule has 1 rings (SSSR count). The van der Waals surface area contributed by atoms with E-state index in [1.165, 1.54) is 32.1 Å². The molecule has 1 unspecified atom stereocenters. The van der Waals surface area contributed by atoms with Crippen molar-refractivity contribution in [3.05, 3.63) is 0 Å². The molecule has 1 fully saturated rings. The van der Waals surface area contributed by atoms with Gasteiger partial charge in [0, 0.05) is 13.0 Å². The largest absolute Gasteiger partial charge is 0.353 e.